The summed E-state index contributed by atoms with van der Waals surface area (Å²) in [7, 11) is 0. The van der Waals surface area contributed by atoms with Gasteiger partial charge >= 0.3 is 5.97 Å². The smallest absolute Gasteiger partial charge is 0.341 e. The lowest BCUT2D eigenvalue weighted by atomic mass is 9.90. The van der Waals surface area contributed by atoms with Crippen molar-refractivity contribution in [3.05, 3.63) is 87.8 Å². The lowest BCUT2D eigenvalue weighted by Gasteiger charge is -2.30. The fraction of sp³-hybridized carbons (Fsp3) is 0.333. The maximum Gasteiger partial charge on any atom is 0.341 e. The highest BCUT2D eigenvalue weighted by Crippen LogP contribution is 2.39. The Labute approximate surface area is 199 Å². The van der Waals surface area contributed by atoms with Crippen LogP contribution < -0.4 is 5.32 Å². The third-order valence-corrected chi connectivity index (χ3v) is 7.19. The highest BCUT2D eigenvalue weighted by atomic mass is 32.1. The van der Waals surface area contributed by atoms with Crippen LogP contribution in [0.15, 0.2) is 60.7 Å². The highest BCUT2D eigenvalue weighted by molar-refractivity contribution is 7.17. The van der Waals surface area contributed by atoms with Crippen LogP contribution >= 0.6 is 11.3 Å². The van der Waals surface area contributed by atoms with Crippen LogP contribution in [0.3, 0.4) is 0 Å². The number of amides is 1. The maximum absolute atomic E-state index is 13.7. The molecule has 0 atom stereocenters. The van der Waals surface area contributed by atoms with E-state index in [9.17, 15) is 9.59 Å². The van der Waals surface area contributed by atoms with Crippen LogP contribution in [0.2, 0.25) is 0 Å². The van der Waals surface area contributed by atoms with Crippen molar-refractivity contribution in [2.45, 2.75) is 45.7 Å². The van der Waals surface area contributed by atoms with Crippen molar-refractivity contribution in [2.75, 3.05) is 18.5 Å². The number of rotatable bonds is 7. The van der Waals surface area contributed by atoms with Crippen molar-refractivity contribution in [2.24, 2.45) is 0 Å². The molecule has 0 unspecified atom stereocenters. The number of thiophene rings is 1. The van der Waals surface area contributed by atoms with Crippen molar-refractivity contribution in [3.63, 3.8) is 0 Å². The van der Waals surface area contributed by atoms with E-state index in [0.717, 1.165) is 41.1 Å². The molecule has 2 heterocycles. The van der Waals surface area contributed by atoms with E-state index >= 15 is 0 Å². The molecule has 6 heteroatoms. The molecule has 0 fully saturated rings. The number of nitrogens with one attached hydrogen (secondary N) is 1. The topological polar surface area (TPSA) is 58.6 Å². The second-order valence-corrected chi connectivity index (χ2v) is 9.59. The van der Waals surface area contributed by atoms with Gasteiger partial charge in [-0.25, -0.2) is 4.79 Å². The Bertz CT molecular complexity index is 1070. The molecule has 0 saturated heterocycles. The second kappa shape index (κ2) is 10.3. The highest BCUT2D eigenvalue weighted by Gasteiger charge is 2.32. The zero-order chi connectivity index (χ0) is 23.4. The summed E-state index contributed by atoms with van der Waals surface area (Å²) in [4.78, 5) is 30.1. The lowest BCUT2D eigenvalue weighted by molar-refractivity contribution is -0.116. The third kappa shape index (κ3) is 5.02. The largest absolute Gasteiger partial charge is 0.462 e. The Morgan fingerprint density at radius 3 is 2.18 bits per heavy atom. The average molecular weight is 463 g/mol. The van der Waals surface area contributed by atoms with Gasteiger partial charge in [-0.3, -0.25) is 9.69 Å². The van der Waals surface area contributed by atoms with Crippen molar-refractivity contribution in [1.82, 2.24) is 4.90 Å². The minimum Gasteiger partial charge on any atom is -0.462 e. The van der Waals surface area contributed by atoms with Gasteiger partial charge in [-0.2, -0.15) is 0 Å². The number of nitrogens with zero attached hydrogens (tertiary/aromatic N) is 1. The van der Waals surface area contributed by atoms with Crippen LogP contribution in [0.5, 0.6) is 0 Å². The average Bonchev–Trinajstić information content (AvgIpc) is 3.17. The molecule has 3 aromatic rings. The van der Waals surface area contributed by atoms with Gasteiger partial charge in [0.25, 0.3) is 0 Å². The van der Waals surface area contributed by atoms with E-state index in [1.54, 1.807) is 6.92 Å². The zero-order valence-corrected chi connectivity index (χ0v) is 20.2. The Hall–Kier alpha value is -2.96. The van der Waals surface area contributed by atoms with E-state index < -0.39 is 5.92 Å². The minimum atomic E-state index is -0.478. The molecule has 0 bridgehead atoms. The van der Waals surface area contributed by atoms with Crippen molar-refractivity contribution < 1.29 is 14.3 Å². The van der Waals surface area contributed by atoms with Crippen LogP contribution in [0.1, 0.15) is 58.6 Å². The number of ether oxygens (including phenoxy) is 1. The predicted molar refractivity (Wildman–Crippen MR) is 133 cm³/mol. The number of fused-ring (bicyclic) bond motifs is 1. The van der Waals surface area contributed by atoms with E-state index in [0.29, 0.717) is 23.2 Å². The summed E-state index contributed by atoms with van der Waals surface area (Å²) in [5.74, 6) is -0.995. The fourth-order valence-electron chi connectivity index (χ4n) is 4.34. The maximum atomic E-state index is 13.7. The molecule has 0 radical (unpaired) electrons. The molecule has 4 rings (SSSR count). The summed E-state index contributed by atoms with van der Waals surface area (Å²) in [5.41, 5.74) is 3.35. The summed E-state index contributed by atoms with van der Waals surface area (Å²) in [6.07, 6.45) is 0.773. The van der Waals surface area contributed by atoms with Gasteiger partial charge < -0.3 is 10.1 Å². The molecule has 0 spiro atoms. The number of benzene rings is 2. The summed E-state index contributed by atoms with van der Waals surface area (Å²) < 4.78 is 5.38. The van der Waals surface area contributed by atoms with E-state index in [1.165, 1.54) is 11.3 Å². The van der Waals surface area contributed by atoms with Gasteiger partial charge in [-0.15, -0.1) is 11.3 Å². The molecule has 172 valence electrons. The molecule has 1 aromatic heterocycles. The van der Waals surface area contributed by atoms with Gasteiger partial charge in [0.05, 0.1) is 18.1 Å². The molecule has 1 N–H and O–H groups in total. The first-order chi connectivity index (χ1) is 16.0. The minimum absolute atomic E-state index is 0.155. The van der Waals surface area contributed by atoms with Gasteiger partial charge in [0.2, 0.25) is 5.91 Å². The Morgan fingerprint density at radius 1 is 1.03 bits per heavy atom. The molecule has 33 heavy (non-hydrogen) atoms. The number of anilines is 1. The quantitative estimate of drug-likeness (QED) is 0.474. The third-order valence-electron chi connectivity index (χ3n) is 6.06. The number of hydrogen-bond acceptors (Lipinski definition) is 5. The first-order valence-electron chi connectivity index (χ1n) is 11.5. The summed E-state index contributed by atoms with van der Waals surface area (Å²) in [6, 6.07) is 19.9. The number of esters is 1. The second-order valence-electron chi connectivity index (χ2n) is 8.49. The Balaban J connectivity index is 1.71. The SMILES string of the molecule is CCOC(=O)c1c(NC(=O)C(c2ccccc2)c2ccccc2)sc2c1CCN(C(C)C)C2. The molecule has 1 aliphatic rings. The zero-order valence-electron chi connectivity index (χ0n) is 19.3. The molecule has 5 nitrogen and oxygen atoms in total. The fourth-order valence-corrected chi connectivity index (χ4v) is 5.61. The summed E-state index contributed by atoms with van der Waals surface area (Å²) in [6.45, 7) is 8.12. The van der Waals surface area contributed by atoms with Crippen molar-refractivity contribution >= 4 is 28.2 Å². The number of carbonyl (C=O) groups is 2. The van der Waals surface area contributed by atoms with Crippen LogP contribution in [-0.4, -0.2) is 36.0 Å². The number of carbonyl (C=O) groups excluding carboxylic acids is 2. The molecule has 2 aromatic carbocycles. The van der Waals surface area contributed by atoms with E-state index in [4.69, 9.17) is 4.74 Å². The Morgan fingerprint density at radius 2 is 1.64 bits per heavy atom. The monoisotopic (exact) mass is 462 g/mol. The van der Waals surface area contributed by atoms with Crippen LogP contribution in [0.4, 0.5) is 5.00 Å². The van der Waals surface area contributed by atoms with E-state index in [-0.39, 0.29) is 11.9 Å². The van der Waals surface area contributed by atoms with Crippen LogP contribution in [0, 0.1) is 0 Å². The van der Waals surface area contributed by atoms with Crippen LogP contribution in [0.25, 0.3) is 0 Å². The molecule has 1 amide bonds. The van der Waals surface area contributed by atoms with Gasteiger partial charge in [0.15, 0.2) is 0 Å². The van der Waals surface area contributed by atoms with Crippen molar-refractivity contribution in [1.29, 1.82) is 0 Å². The molecular formula is C27H30N2O3S. The number of hydrogen-bond donors (Lipinski definition) is 1. The first kappa shape index (κ1) is 23.2. The lowest BCUT2D eigenvalue weighted by Crippen LogP contribution is -2.35. The summed E-state index contributed by atoms with van der Waals surface area (Å²) >= 11 is 1.50. The molecule has 0 aliphatic carbocycles. The molecular weight excluding hydrogens is 432 g/mol. The van der Waals surface area contributed by atoms with E-state index in [1.807, 2.05) is 60.7 Å². The normalized spacial score (nSPS) is 13.7. The Kier molecular flexibility index (Phi) is 7.26. The molecule has 1 aliphatic heterocycles. The van der Waals surface area contributed by atoms with Crippen molar-refractivity contribution in [3.8, 4) is 0 Å². The molecule has 0 saturated carbocycles. The van der Waals surface area contributed by atoms with Gasteiger partial charge in [-0.1, -0.05) is 60.7 Å². The van der Waals surface area contributed by atoms with Gasteiger partial charge in [0.1, 0.15) is 5.00 Å². The van der Waals surface area contributed by atoms with Gasteiger partial charge in [-0.05, 0) is 43.9 Å². The van der Waals surface area contributed by atoms with Crippen LogP contribution in [-0.2, 0) is 22.5 Å². The first-order valence-corrected chi connectivity index (χ1v) is 12.3. The van der Waals surface area contributed by atoms with E-state index in [2.05, 4.69) is 24.1 Å². The summed E-state index contributed by atoms with van der Waals surface area (Å²) in [5, 5.41) is 3.70. The van der Waals surface area contributed by atoms with Gasteiger partial charge in [0, 0.05) is 24.0 Å². The standard InChI is InChI=1S/C27H30N2O3S/c1-4-32-27(31)24-21-15-16-29(18(2)3)17-22(21)33-26(24)28-25(30)23(19-11-7-5-8-12-19)20-13-9-6-10-14-20/h5-14,18,23H,4,15-17H2,1-3H3,(H,28,30). The predicted octanol–water partition coefficient (Wildman–Crippen LogP) is 5.46.